The first-order chi connectivity index (χ1) is 12.4. The molecule has 6 nitrogen and oxygen atoms in total. The van der Waals surface area contributed by atoms with E-state index in [1.54, 1.807) is 19.2 Å². The molecule has 0 spiro atoms. The molecule has 0 radical (unpaired) electrons. The van der Waals surface area contributed by atoms with Gasteiger partial charge >= 0.3 is 0 Å². The number of hydrogen-bond donors (Lipinski definition) is 1. The Balaban J connectivity index is 2.09. The molecule has 0 aliphatic rings. The summed E-state index contributed by atoms with van der Waals surface area (Å²) in [5.41, 5.74) is 1.20. The molecule has 2 amide bonds. The molecule has 0 aliphatic carbocycles. The SMILES string of the molecule is COCCCN(CC(=O)Nc1nc(C)cs1)C(=O)c1ccc(Cl)c(Cl)c1. The number of carbonyl (C=O) groups is 2. The van der Waals surface area contributed by atoms with E-state index < -0.39 is 0 Å². The van der Waals surface area contributed by atoms with Gasteiger partial charge in [-0.3, -0.25) is 9.59 Å². The Morgan fingerprint density at radius 2 is 2.08 bits per heavy atom. The van der Waals surface area contributed by atoms with Crippen LogP contribution in [0.1, 0.15) is 22.5 Å². The van der Waals surface area contributed by atoms with Crippen molar-refractivity contribution in [1.82, 2.24) is 9.88 Å². The summed E-state index contributed by atoms with van der Waals surface area (Å²) in [4.78, 5) is 30.7. The van der Waals surface area contributed by atoms with Gasteiger partial charge in [-0.2, -0.15) is 0 Å². The Bertz CT molecular complexity index is 782. The van der Waals surface area contributed by atoms with E-state index in [-0.39, 0.29) is 23.4 Å². The second kappa shape index (κ2) is 9.87. The highest BCUT2D eigenvalue weighted by molar-refractivity contribution is 7.13. The maximum atomic E-state index is 12.8. The first kappa shape index (κ1) is 20.6. The van der Waals surface area contributed by atoms with Crippen LogP contribution < -0.4 is 5.32 Å². The van der Waals surface area contributed by atoms with E-state index in [0.717, 1.165) is 5.69 Å². The van der Waals surface area contributed by atoms with E-state index in [9.17, 15) is 9.59 Å². The predicted molar refractivity (Wildman–Crippen MR) is 104 cm³/mol. The first-order valence-corrected chi connectivity index (χ1v) is 9.49. The fourth-order valence-corrected chi connectivity index (χ4v) is 3.21. The summed E-state index contributed by atoms with van der Waals surface area (Å²) < 4.78 is 5.03. The average Bonchev–Trinajstić information content (AvgIpc) is 3.00. The van der Waals surface area contributed by atoms with E-state index in [4.69, 9.17) is 27.9 Å². The van der Waals surface area contributed by atoms with Crippen LogP contribution in [0.4, 0.5) is 5.13 Å². The Morgan fingerprint density at radius 3 is 2.69 bits per heavy atom. The molecule has 0 saturated heterocycles. The van der Waals surface area contributed by atoms with E-state index in [2.05, 4.69) is 10.3 Å². The van der Waals surface area contributed by atoms with Gasteiger partial charge in [0.1, 0.15) is 6.54 Å². The summed E-state index contributed by atoms with van der Waals surface area (Å²) in [6.45, 7) is 2.61. The van der Waals surface area contributed by atoms with Crippen molar-refractivity contribution in [3.63, 3.8) is 0 Å². The standard InChI is InChI=1S/C17H19Cl2N3O3S/c1-11-10-26-17(20-11)21-15(23)9-22(6-3-7-25-2)16(24)12-4-5-13(18)14(19)8-12/h4-5,8,10H,3,6-7,9H2,1-2H3,(H,20,21,23). The number of nitrogens with zero attached hydrogens (tertiary/aromatic N) is 2. The Kier molecular flexibility index (Phi) is 7.84. The van der Waals surface area contributed by atoms with Crippen molar-refractivity contribution in [3.8, 4) is 0 Å². The highest BCUT2D eigenvalue weighted by atomic mass is 35.5. The molecule has 140 valence electrons. The second-order valence-electron chi connectivity index (χ2n) is 5.54. The number of methoxy groups -OCH3 is 1. The molecule has 0 fully saturated rings. The van der Waals surface area contributed by atoms with E-state index in [1.165, 1.54) is 22.3 Å². The summed E-state index contributed by atoms with van der Waals surface area (Å²) >= 11 is 13.2. The average molecular weight is 416 g/mol. The third kappa shape index (κ3) is 5.95. The fraction of sp³-hybridized carbons (Fsp3) is 0.353. The molecule has 1 aromatic carbocycles. The summed E-state index contributed by atoms with van der Waals surface area (Å²) in [6.07, 6.45) is 0.604. The number of carbonyl (C=O) groups excluding carboxylic acids is 2. The lowest BCUT2D eigenvalue weighted by atomic mass is 10.2. The number of thiazole rings is 1. The van der Waals surface area contributed by atoms with Crippen molar-refractivity contribution in [1.29, 1.82) is 0 Å². The molecule has 2 aromatic rings. The van der Waals surface area contributed by atoms with Crippen LogP contribution in [0.15, 0.2) is 23.6 Å². The molecule has 0 unspecified atom stereocenters. The van der Waals surface area contributed by atoms with Gasteiger partial charge < -0.3 is 15.0 Å². The normalized spacial score (nSPS) is 10.6. The highest BCUT2D eigenvalue weighted by Gasteiger charge is 2.20. The lowest BCUT2D eigenvalue weighted by Crippen LogP contribution is -2.39. The van der Waals surface area contributed by atoms with Crippen molar-refractivity contribution in [2.24, 2.45) is 0 Å². The zero-order chi connectivity index (χ0) is 19.1. The molecule has 1 aromatic heterocycles. The lowest BCUT2D eigenvalue weighted by molar-refractivity contribution is -0.116. The monoisotopic (exact) mass is 415 g/mol. The number of halogens is 2. The van der Waals surface area contributed by atoms with Gasteiger partial charge in [-0.25, -0.2) is 4.98 Å². The van der Waals surface area contributed by atoms with Gasteiger partial charge in [0.05, 0.1) is 15.7 Å². The van der Waals surface area contributed by atoms with Gasteiger partial charge in [-0.1, -0.05) is 23.2 Å². The summed E-state index contributed by atoms with van der Waals surface area (Å²) in [5.74, 6) is -0.615. The third-order valence-corrected chi connectivity index (χ3v) is 5.04. The minimum Gasteiger partial charge on any atom is -0.385 e. The Hall–Kier alpha value is -1.67. The van der Waals surface area contributed by atoms with Gasteiger partial charge in [0, 0.05) is 31.2 Å². The summed E-state index contributed by atoms with van der Waals surface area (Å²) in [6, 6.07) is 4.64. The number of aryl methyl sites for hydroxylation is 1. The highest BCUT2D eigenvalue weighted by Crippen LogP contribution is 2.23. The molecule has 26 heavy (non-hydrogen) atoms. The van der Waals surface area contributed by atoms with Crippen LogP contribution in [-0.4, -0.2) is 48.5 Å². The Morgan fingerprint density at radius 1 is 1.31 bits per heavy atom. The molecule has 0 atom stereocenters. The number of hydrogen-bond acceptors (Lipinski definition) is 5. The van der Waals surface area contributed by atoms with Crippen LogP contribution in [0.25, 0.3) is 0 Å². The molecule has 0 bridgehead atoms. The minimum absolute atomic E-state index is 0.0958. The zero-order valence-corrected chi connectivity index (χ0v) is 16.7. The molecule has 0 aliphatic heterocycles. The molecule has 2 rings (SSSR count). The number of nitrogens with one attached hydrogen (secondary N) is 1. The van der Waals surface area contributed by atoms with E-state index >= 15 is 0 Å². The van der Waals surface area contributed by atoms with Gasteiger partial charge in [0.15, 0.2) is 5.13 Å². The van der Waals surface area contributed by atoms with Gasteiger partial charge in [0.2, 0.25) is 5.91 Å². The number of amides is 2. The number of benzene rings is 1. The molecule has 1 heterocycles. The van der Waals surface area contributed by atoms with Crippen molar-refractivity contribution in [3.05, 3.63) is 44.9 Å². The minimum atomic E-state index is -0.315. The van der Waals surface area contributed by atoms with Crippen molar-refractivity contribution in [2.75, 3.05) is 32.1 Å². The Labute approximate surface area is 166 Å². The van der Waals surface area contributed by atoms with Crippen LogP contribution in [0.2, 0.25) is 10.0 Å². The summed E-state index contributed by atoms with van der Waals surface area (Å²) in [5, 5.41) is 5.71. The molecular weight excluding hydrogens is 397 g/mol. The molecule has 0 saturated carbocycles. The maximum Gasteiger partial charge on any atom is 0.254 e. The first-order valence-electron chi connectivity index (χ1n) is 7.86. The predicted octanol–water partition coefficient (Wildman–Crippen LogP) is 3.88. The van der Waals surface area contributed by atoms with Crippen molar-refractivity contribution < 1.29 is 14.3 Å². The van der Waals surface area contributed by atoms with Crippen LogP contribution in [-0.2, 0) is 9.53 Å². The fourth-order valence-electron chi connectivity index (χ4n) is 2.21. The second-order valence-corrected chi connectivity index (χ2v) is 7.22. The van der Waals surface area contributed by atoms with Crippen LogP contribution in [0.5, 0.6) is 0 Å². The van der Waals surface area contributed by atoms with Crippen LogP contribution in [0.3, 0.4) is 0 Å². The summed E-state index contributed by atoms with van der Waals surface area (Å²) in [7, 11) is 1.59. The van der Waals surface area contributed by atoms with Crippen molar-refractivity contribution in [2.45, 2.75) is 13.3 Å². The van der Waals surface area contributed by atoms with Crippen LogP contribution in [0, 0.1) is 6.92 Å². The zero-order valence-electron chi connectivity index (χ0n) is 14.4. The lowest BCUT2D eigenvalue weighted by Gasteiger charge is -2.22. The molecule has 9 heteroatoms. The molecular formula is C17H19Cl2N3O3S. The smallest absolute Gasteiger partial charge is 0.254 e. The number of anilines is 1. The topological polar surface area (TPSA) is 71.5 Å². The van der Waals surface area contributed by atoms with E-state index in [1.807, 2.05) is 12.3 Å². The van der Waals surface area contributed by atoms with E-state index in [0.29, 0.717) is 35.3 Å². The quantitative estimate of drug-likeness (QED) is 0.663. The largest absolute Gasteiger partial charge is 0.385 e. The maximum absolute atomic E-state index is 12.8. The molecule has 1 N–H and O–H groups in total. The number of ether oxygens (including phenoxy) is 1. The number of rotatable bonds is 8. The van der Waals surface area contributed by atoms with Gasteiger partial charge in [-0.15, -0.1) is 11.3 Å². The van der Waals surface area contributed by atoms with Gasteiger partial charge in [-0.05, 0) is 31.5 Å². The van der Waals surface area contributed by atoms with Crippen LogP contribution >= 0.6 is 34.5 Å². The number of aromatic nitrogens is 1. The van der Waals surface area contributed by atoms with Crippen molar-refractivity contribution >= 4 is 51.5 Å². The third-order valence-electron chi connectivity index (χ3n) is 3.43. The van der Waals surface area contributed by atoms with Gasteiger partial charge in [0.25, 0.3) is 5.91 Å².